The van der Waals surface area contributed by atoms with E-state index in [0.29, 0.717) is 24.6 Å². The normalized spacial score (nSPS) is 15.1. The molecule has 1 fully saturated rings. The van der Waals surface area contributed by atoms with E-state index < -0.39 is 0 Å². The number of aliphatic hydroxyl groups excluding tert-OH is 2. The Balaban J connectivity index is 2.08. The van der Waals surface area contributed by atoms with E-state index in [-0.39, 0.29) is 19.1 Å². The van der Waals surface area contributed by atoms with Gasteiger partial charge in [0.25, 0.3) is 5.91 Å². The second kappa shape index (κ2) is 6.68. The molecule has 0 heterocycles. The second-order valence-corrected chi connectivity index (χ2v) is 5.02. The summed E-state index contributed by atoms with van der Waals surface area (Å²) in [5.41, 5.74) is 1.46. The third-order valence-corrected chi connectivity index (χ3v) is 3.72. The fourth-order valence-electron chi connectivity index (χ4n) is 2.31. The molecule has 0 aliphatic heterocycles. The highest BCUT2D eigenvalue weighted by atomic mass is 16.3. The topological polar surface area (TPSA) is 60.8 Å². The quantitative estimate of drug-likeness (QED) is 0.818. The zero-order valence-electron chi connectivity index (χ0n) is 11.1. The first-order valence-electron chi connectivity index (χ1n) is 6.88. The van der Waals surface area contributed by atoms with Crippen molar-refractivity contribution in [3.8, 4) is 0 Å². The molecule has 1 aromatic carbocycles. The van der Waals surface area contributed by atoms with Gasteiger partial charge >= 0.3 is 0 Å². The van der Waals surface area contributed by atoms with Gasteiger partial charge in [-0.25, -0.2) is 0 Å². The van der Waals surface area contributed by atoms with Crippen molar-refractivity contribution in [3.05, 3.63) is 35.4 Å². The molecule has 0 aromatic heterocycles. The summed E-state index contributed by atoms with van der Waals surface area (Å²) in [5.74, 6) is 0.0302. The number of amides is 1. The van der Waals surface area contributed by atoms with Gasteiger partial charge in [0.05, 0.1) is 6.61 Å². The number of hydrogen-bond donors (Lipinski definition) is 2. The number of nitrogens with zero attached hydrogens (tertiary/aromatic N) is 1. The van der Waals surface area contributed by atoms with E-state index in [1.54, 1.807) is 24.3 Å². The van der Waals surface area contributed by atoms with Crippen molar-refractivity contribution in [2.45, 2.75) is 38.3 Å². The predicted molar refractivity (Wildman–Crippen MR) is 72.7 cm³/mol. The minimum Gasteiger partial charge on any atom is -0.396 e. The smallest absolute Gasteiger partial charge is 0.254 e. The molecule has 1 aromatic rings. The van der Waals surface area contributed by atoms with E-state index >= 15 is 0 Å². The van der Waals surface area contributed by atoms with Crippen LogP contribution in [0, 0.1) is 0 Å². The highest BCUT2D eigenvalue weighted by molar-refractivity contribution is 5.94. The molecule has 1 aliphatic carbocycles. The first-order chi connectivity index (χ1) is 9.26. The lowest BCUT2D eigenvalue weighted by Crippen LogP contribution is -2.44. The molecule has 19 heavy (non-hydrogen) atoms. The lowest BCUT2D eigenvalue weighted by atomic mass is 9.90. The van der Waals surface area contributed by atoms with Gasteiger partial charge in [-0.1, -0.05) is 12.1 Å². The lowest BCUT2D eigenvalue weighted by molar-refractivity contribution is 0.0562. The van der Waals surface area contributed by atoms with Crippen LogP contribution in [0.4, 0.5) is 0 Å². The van der Waals surface area contributed by atoms with Crippen LogP contribution in [0.3, 0.4) is 0 Å². The minimum absolute atomic E-state index is 0.00861. The van der Waals surface area contributed by atoms with Crippen molar-refractivity contribution in [3.63, 3.8) is 0 Å². The molecule has 0 atom stereocenters. The van der Waals surface area contributed by atoms with E-state index in [2.05, 4.69) is 0 Å². The van der Waals surface area contributed by atoms with Crippen LogP contribution in [-0.4, -0.2) is 40.2 Å². The third-order valence-electron chi connectivity index (χ3n) is 3.72. The Morgan fingerprint density at radius 1 is 1.21 bits per heavy atom. The van der Waals surface area contributed by atoms with E-state index in [9.17, 15) is 4.79 Å². The van der Waals surface area contributed by atoms with Crippen LogP contribution in [0.2, 0.25) is 0 Å². The average Bonchev–Trinajstić information content (AvgIpc) is 2.40. The molecule has 104 valence electrons. The highest BCUT2D eigenvalue weighted by Crippen LogP contribution is 2.26. The van der Waals surface area contributed by atoms with Crippen LogP contribution in [0.15, 0.2) is 24.3 Å². The van der Waals surface area contributed by atoms with Crippen molar-refractivity contribution in [2.75, 3.05) is 13.2 Å². The van der Waals surface area contributed by atoms with E-state index in [1.165, 1.54) is 6.42 Å². The zero-order valence-corrected chi connectivity index (χ0v) is 11.1. The maximum atomic E-state index is 12.5. The van der Waals surface area contributed by atoms with E-state index in [0.717, 1.165) is 18.4 Å². The van der Waals surface area contributed by atoms with Gasteiger partial charge in [0, 0.05) is 24.8 Å². The molecule has 2 N–H and O–H groups in total. The van der Waals surface area contributed by atoms with Crippen LogP contribution >= 0.6 is 0 Å². The van der Waals surface area contributed by atoms with Gasteiger partial charge in [0.15, 0.2) is 0 Å². The molecule has 1 saturated carbocycles. The second-order valence-electron chi connectivity index (χ2n) is 5.02. The fraction of sp³-hybridized carbons (Fsp3) is 0.533. The maximum absolute atomic E-state index is 12.5. The lowest BCUT2D eigenvalue weighted by Gasteiger charge is -2.37. The van der Waals surface area contributed by atoms with Gasteiger partial charge in [0.2, 0.25) is 0 Å². The molecule has 0 spiro atoms. The Hall–Kier alpha value is -1.39. The van der Waals surface area contributed by atoms with Crippen molar-refractivity contribution < 1.29 is 15.0 Å². The van der Waals surface area contributed by atoms with Gasteiger partial charge in [0.1, 0.15) is 0 Å². The third kappa shape index (κ3) is 3.33. The van der Waals surface area contributed by atoms with Crippen LogP contribution < -0.4 is 0 Å². The standard InChI is InChI=1S/C15H21NO3/c17-10-2-9-16(14-3-1-4-14)15(19)13-7-5-12(11-18)6-8-13/h5-8,14,17-18H,1-4,9-11H2. The number of benzene rings is 1. The van der Waals surface area contributed by atoms with E-state index in [1.807, 2.05) is 4.90 Å². The Kier molecular flexibility index (Phi) is 4.93. The van der Waals surface area contributed by atoms with Crippen molar-refractivity contribution in [2.24, 2.45) is 0 Å². The summed E-state index contributed by atoms with van der Waals surface area (Å²) in [6.45, 7) is 0.715. The summed E-state index contributed by atoms with van der Waals surface area (Å²) >= 11 is 0. The molecule has 0 radical (unpaired) electrons. The molecule has 1 aliphatic rings. The van der Waals surface area contributed by atoms with Gasteiger partial charge in [-0.05, 0) is 43.4 Å². The Bertz CT molecular complexity index is 412. The largest absolute Gasteiger partial charge is 0.396 e. The van der Waals surface area contributed by atoms with Gasteiger partial charge in [-0.15, -0.1) is 0 Å². The summed E-state index contributed by atoms with van der Waals surface area (Å²) in [5, 5.41) is 17.9. The number of rotatable bonds is 6. The first kappa shape index (κ1) is 14.0. The molecule has 4 nitrogen and oxygen atoms in total. The monoisotopic (exact) mass is 263 g/mol. The van der Waals surface area contributed by atoms with Gasteiger partial charge in [-0.2, -0.15) is 0 Å². The average molecular weight is 263 g/mol. The molecule has 2 rings (SSSR count). The Morgan fingerprint density at radius 2 is 1.89 bits per heavy atom. The van der Waals surface area contributed by atoms with Crippen LogP contribution in [-0.2, 0) is 6.61 Å². The molecule has 4 heteroatoms. The molecular weight excluding hydrogens is 242 g/mol. The molecule has 1 amide bonds. The predicted octanol–water partition coefficient (Wildman–Crippen LogP) is 1.56. The number of aliphatic hydroxyl groups is 2. The Morgan fingerprint density at radius 3 is 2.37 bits per heavy atom. The van der Waals surface area contributed by atoms with Crippen molar-refractivity contribution >= 4 is 5.91 Å². The van der Waals surface area contributed by atoms with Crippen LogP contribution in [0.25, 0.3) is 0 Å². The van der Waals surface area contributed by atoms with E-state index in [4.69, 9.17) is 10.2 Å². The summed E-state index contributed by atoms with van der Waals surface area (Å²) in [6.07, 6.45) is 3.92. The Labute approximate surface area is 113 Å². The fourth-order valence-corrected chi connectivity index (χ4v) is 2.31. The first-order valence-corrected chi connectivity index (χ1v) is 6.88. The summed E-state index contributed by atoms with van der Waals surface area (Å²) in [4.78, 5) is 14.3. The summed E-state index contributed by atoms with van der Waals surface area (Å²) < 4.78 is 0. The SMILES string of the molecule is O=C(c1ccc(CO)cc1)N(CCCO)C1CCC1. The number of carbonyl (C=O) groups excluding carboxylic acids is 1. The molecule has 0 saturated heterocycles. The molecule has 0 bridgehead atoms. The van der Waals surface area contributed by atoms with Crippen molar-refractivity contribution in [1.29, 1.82) is 0 Å². The number of carbonyl (C=O) groups is 1. The maximum Gasteiger partial charge on any atom is 0.254 e. The van der Waals surface area contributed by atoms with Gasteiger partial charge < -0.3 is 15.1 Å². The minimum atomic E-state index is -0.00861. The molecule has 0 unspecified atom stereocenters. The van der Waals surface area contributed by atoms with Gasteiger partial charge in [-0.3, -0.25) is 4.79 Å². The number of hydrogen-bond acceptors (Lipinski definition) is 3. The molecular formula is C15H21NO3. The summed E-state index contributed by atoms with van der Waals surface area (Å²) in [6, 6.07) is 7.41. The highest BCUT2D eigenvalue weighted by Gasteiger charge is 2.28. The van der Waals surface area contributed by atoms with Crippen LogP contribution in [0.1, 0.15) is 41.6 Å². The van der Waals surface area contributed by atoms with Crippen molar-refractivity contribution in [1.82, 2.24) is 4.90 Å². The van der Waals surface area contributed by atoms with Crippen LogP contribution in [0.5, 0.6) is 0 Å². The zero-order chi connectivity index (χ0) is 13.7. The summed E-state index contributed by atoms with van der Waals surface area (Å²) in [7, 11) is 0.